The van der Waals surface area contributed by atoms with Gasteiger partial charge in [0.15, 0.2) is 23.0 Å². The van der Waals surface area contributed by atoms with Crippen LogP contribution in [0.2, 0.25) is 0 Å². The number of carbonyl (C=O) groups excluding carboxylic acids is 2. The van der Waals surface area contributed by atoms with Gasteiger partial charge < -0.3 is 52.1 Å². The molecule has 0 saturated heterocycles. The van der Waals surface area contributed by atoms with Crippen LogP contribution in [0.3, 0.4) is 0 Å². The van der Waals surface area contributed by atoms with Gasteiger partial charge in [0.25, 0.3) is 0 Å². The molecular weight excluding hydrogens is 1110 g/mol. The number of hydrogen-bond donors (Lipinski definition) is 0. The van der Waals surface area contributed by atoms with E-state index in [4.69, 9.17) is 81.4 Å². The van der Waals surface area contributed by atoms with Gasteiger partial charge in [0, 0.05) is 34.1 Å². The summed E-state index contributed by atoms with van der Waals surface area (Å²) in [6, 6.07) is 17.4. The smallest absolute Gasteiger partial charge is 0.336 e. The van der Waals surface area contributed by atoms with E-state index < -0.39 is 11.9 Å². The molecule has 0 atom stereocenters. The highest BCUT2D eigenvalue weighted by Gasteiger charge is 2.21. The zero-order chi connectivity index (χ0) is 61.3. The van der Waals surface area contributed by atoms with Crippen LogP contribution in [-0.4, -0.2) is 111 Å². The molecule has 0 bridgehead atoms. The first-order valence-electron chi connectivity index (χ1n) is 29.0. The van der Waals surface area contributed by atoms with Crippen LogP contribution in [-0.2, 0) is 53.1 Å². The number of benzene rings is 4. The molecule has 0 fully saturated rings. The van der Waals surface area contributed by atoms with E-state index in [0.717, 1.165) is 12.8 Å². The Kier molecular flexibility index (Phi) is 37.9. The van der Waals surface area contributed by atoms with Gasteiger partial charge in [-0.1, -0.05) is 62.2 Å². The monoisotopic (exact) mass is 1190 g/mol. The van der Waals surface area contributed by atoms with Crippen LogP contribution in [0.4, 0.5) is 0 Å². The summed E-state index contributed by atoms with van der Waals surface area (Å²) in [4.78, 5) is 58.3. The van der Waals surface area contributed by atoms with E-state index in [-0.39, 0.29) is 24.7 Å². The Morgan fingerprint density at radius 3 is 0.977 bits per heavy atom. The Balaban J connectivity index is 1.58. The molecule has 4 aromatic rings. The van der Waals surface area contributed by atoms with Crippen LogP contribution in [0.5, 0.6) is 46.0 Å². The maximum atomic E-state index is 13.8. The molecule has 0 aromatic heterocycles. The molecule has 0 N–H and O–H groups in total. The van der Waals surface area contributed by atoms with Crippen LogP contribution in [0.1, 0.15) is 88.2 Å². The highest BCUT2D eigenvalue weighted by Crippen LogP contribution is 2.43. The molecular formula is C67H86O19. The predicted molar refractivity (Wildman–Crippen MR) is 329 cm³/mol. The Hall–Kier alpha value is -8.04. The van der Waals surface area contributed by atoms with Crippen molar-refractivity contribution >= 4 is 34.9 Å². The lowest BCUT2D eigenvalue weighted by atomic mass is 10.1. The molecule has 468 valence electrons. The maximum absolute atomic E-state index is 13.8. The fourth-order valence-electron chi connectivity index (χ4n) is 7.64. The van der Waals surface area contributed by atoms with Crippen molar-refractivity contribution in [2.24, 2.45) is 0 Å². The minimum absolute atomic E-state index is 0.235. The molecule has 86 heavy (non-hydrogen) atoms. The van der Waals surface area contributed by atoms with Crippen LogP contribution in [0.15, 0.2) is 149 Å². The van der Waals surface area contributed by atoms with Crippen molar-refractivity contribution in [2.45, 2.75) is 77.0 Å². The largest absolute Gasteiger partial charge is 0.502 e. The average molecular weight is 1200 g/mol. The number of rotatable bonds is 54. The maximum Gasteiger partial charge on any atom is 0.336 e. The number of carbonyl (C=O) groups is 2. The molecule has 0 radical (unpaired) electrons. The van der Waals surface area contributed by atoms with Gasteiger partial charge in [0.2, 0.25) is 11.5 Å². The third-order valence-electron chi connectivity index (χ3n) is 11.8. The Morgan fingerprint density at radius 1 is 0.326 bits per heavy atom. The van der Waals surface area contributed by atoms with Gasteiger partial charge in [0.05, 0.1) is 98.1 Å². The van der Waals surface area contributed by atoms with Gasteiger partial charge in [-0.15, -0.1) is 19.7 Å². The summed E-state index contributed by atoms with van der Waals surface area (Å²) in [7, 11) is 0. The highest BCUT2D eigenvalue weighted by atomic mass is 17.2. The molecule has 0 saturated carbocycles. The van der Waals surface area contributed by atoms with Crippen molar-refractivity contribution < 1.29 is 91.0 Å². The van der Waals surface area contributed by atoms with E-state index in [1.165, 1.54) is 30.9 Å². The topological polar surface area (TPSA) is 191 Å². The summed E-state index contributed by atoms with van der Waals surface area (Å²) >= 11 is 0. The Morgan fingerprint density at radius 2 is 0.640 bits per heavy atom. The van der Waals surface area contributed by atoms with Crippen molar-refractivity contribution in [1.82, 2.24) is 0 Å². The zero-order valence-corrected chi connectivity index (χ0v) is 49.6. The molecule has 0 aliphatic rings. The molecule has 0 aliphatic carbocycles. The van der Waals surface area contributed by atoms with E-state index in [1.54, 1.807) is 91.0 Å². The number of esters is 2. The molecule has 0 aliphatic heterocycles. The van der Waals surface area contributed by atoms with Gasteiger partial charge in [0.1, 0.15) is 31.3 Å². The van der Waals surface area contributed by atoms with Crippen LogP contribution in [0, 0.1) is 0 Å². The first-order chi connectivity index (χ1) is 42.4. The molecule has 19 nitrogen and oxygen atoms in total. The third-order valence-corrected chi connectivity index (χ3v) is 11.8. The van der Waals surface area contributed by atoms with Gasteiger partial charge >= 0.3 is 11.9 Å². The van der Waals surface area contributed by atoms with Gasteiger partial charge in [-0.05, 0) is 126 Å². The predicted octanol–water partition coefficient (Wildman–Crippen LogP) is 13.9. The number of ether oxygens (including phenoxy) is 11. The molecule has 0 amide bonds. The lowest BCUT2D eigenvalue weighted by molar-refractivity contribution is -0.286. The van der Waals surface area contributed by atoms with Crippen molar-refractivity contribution in [3.05, 3.63) is 160 Å². The first kappa shape index (κ1) is 70.4. The minimum atomic E-state index is -0.681. The summed E-state index contributed by atoms with van der Waals surface area (Å²) in [5.74, 6) is 1.57. The molecule has 0 unspecified atom stereocenters. The Labute approximate surface area is 506 Å². The summed E-state index contributed by atoms with van der Waals surface area (Å²) < 4.78 is 65.9. The van der Waals surface area contributed by atoms with Crippen molar-refractivity contribution in [3.8, 4) is 46.0 Å². The highest BCUT2D eigenvalue weighted by molar-refractivity contribution is 5.99. The van der Waals surface area contributed by atoms with Crippen molar-refractivity contribution in [2.75, 3.05) is 99.1 Å². The summed E-state index contributed by atoms with van der Waals surface area (Å²) in [5, 5.41) is 1.04. The van der Waals surface area contributed by atoms with E-state index in [2.05, 4.69) is 39.5 Å². The summed E-state index contributed by atoms with van der Waals surface area (Å²) in [6.45, 7) is 27.1. The van der Waals surface area contributed by atoms with E-state index >= 15 is 0 Å². The molecule has 4 aromatic carbocycles. The minimum Gasteiger partial charge on any atom is -0.502 e. The second kappa shape index (κ2) is 46.3. The standard InChI is InChI=1S/C67H86O19/c1-7-39-79-82-51-22-19-46-74-61-36-32-54(64(75-47-17-14-43-71-11-5)67(61)78-50-21-24-53-84-81-41-9-3)33-37-62(68)85-58-29-25-28-57-56(58)27-26-30-59(57)86-63(69)38-34-55-31-35-60(73-45-16-13-42-70-10-4)66(77-49-18-15-44-72-12-6)65(55)76-48-20-23-52-83-80-40-8-2/h7-12,25-38H,1-6,13-24,39-53H2/b37-33+,38-34+. The number of unbranched alkanes of at least 4 members (excludes halogenated alkanes) is 6. The molecule has 0 heterocycles. The van der Waals surface area contributed by atoms with E-state index in [1.807, 2.05) is 0 Å². The molecule has 4 rings (SSSR count). The lowest BCUT2D eigenvalue weighted by Gasteiger charge is -2.19. The lowest BCUT2D eigenvalue weighted by Crippen LogP contribution is -2.09. The Bertz CT molecular complexity index is 2680. The van der Waals surface area contributed by atoms with E-state index in [0.29, 0.717) is 206 Å². The first-order valence-corrected chi connectivity index (χ1v) is 29.0. The normalized spacial score (nSPS) is 11.0. The quantitative estimate of drug-likeness (QED) is 0.00592. The zero-order valence-electron chi connectivity index (χ0n) is 49.6. The molecule has 0 spiro atoms. The SMILES string of the molecule is C=CCOOCCCCOc1ccc(/C=C/C(=O)Oc2cccc3c(OC(=O)/C=C/c4ccc(OCCCCOC=C)c(OCCCCOC=C)c4OCCCCOOCC=C)cccc23)c(OCCCCOC=C)c1OCCCCOOCC=C. The number of hydrogen-bond acceptors (Lipinski definition) is 19. The van der Waals surface area contributed by atoms with Gasteiger partial charge in [-0.2, -0.15) is 0 Å². The van der Waals surface area contributed by atoms with Crippen LogP contribution < -0.4 is 37.9 Å². The summed E-state index contributed by atoms with van der Waals surface area (Å²) in [6.07, 6.45) is 22.9. The summed E-state index contributed by atoms with van der Waals surface area (Å²) in [5.41, 5.74) is 1.08. The number of fused-ring (bicyclic) bond motifs is 1. The fourth-order valence-corrected chi connectivity index (χ4v) is 7.64. The van der Waals surface area contributed by atoms with Crippen molar-refractivity contribution in [3.63, 3.8) is 0 Å². The van der Waals surface area contributed by atoms with Crippen molar-refractivity contribution in [1.29, 1.82) is 0 Å². The second-order valence-electron chi connectivity index (χ2n) is 18.4. The molecule has 19 heteroatoms. The fraction of sp³-hybridized carbons (Fsp3) is 0.403. The van der Waals surface area contributed by atoms with Gasteiger partial charge in [-0.3, -0.25) is 0 Å². The van der Waals surface area contributed by atoms with Crippen LogP contribution in [0.25, 0.3) is 22.9 Å². The van der Waals surface area contributed by atoms with Gasteiger partial charge in [-0.25, -0.2) is 38.9 Å². The third kappa shape index (κ3) is 28.7. The van der Waals surface area contributed by atoms with E-state index in [9.17, 15) is 9.59 Å². The van der Waals surface area contributed by atoms with Crippen LogP contribution >= 0.6 is 0 Å². The average Bonchev–Trinajstić information content (AvgIpc) is 1.48. The second-order valence-corrected chi connectivity index (χ2v) is 18.4.